The topological polar surface area (TPSA) is 42.0 Å². The number of aliphatic hydroxyl groups is 1. The van der Waals surface area contributed by atoms with Crippen molar-refractivity contribution in [1.29, 1.82) is 0 Å². The fourth-order valence-electron chi connectivity index (χ4n) is 0.468. The average molecular weight is 118 g/mol. The smallest absolute Gasteiger partial charge is 0.143 e. The number of rotatable bonds is 3. The van der Waals surface area contributed by atoms with Crippen LogP contribution < -0.4 is 0 Å². The van der Waals surface area contributed by atoms with Crippen molar-refractivity contribution < 1.29 is 14.6 Å². The van der Waals surface area contributed by atoms with Crippen LogP contribution in [-0.2, 0) is 9.47 Å². The number of epoxide rings is 1. The summed E-state index contributed by atoms with van der Waals surface area (Å²) in [4.78, 5) is 0. The van der Waals surface area contributed by atoms with E-state index in [2.05, 4.69) is 0 Å². The first kappa shape index (κ1) is 6.01. The van der Waals surface area contributed by atoms with Gasteiger partial charge < -0.3 is 14.6 Å². The lowest BCUT2D eigenvalue weighted by Gasteiger charge is -2.01. The number of aliphatic hydroxyl groups excluding tert-OH is 1. The molecule has 1 saturated heterocycles. The first-order valence-corrected chi connectivity index (χ1v) is 2.59. The van der Waals surface area contributed by atoms with E-state index in [1.807, 2.05) is 6.92 Å². The number of hydrogen-bond acceptors (Lipinski definition) is 3. The van der Waals surface area contributed by atoms with Gasteiger partial charge in [-0.25, -0.2) is 0 Å². The van der Waals surface area contributed by atoms with Crippen molar-refractivity contribution in [2.45, 2.75) is 12.5 Å². The van der Waals surface area contributed by atoms with E-state index >= 15 is 0 Å². The molecular formula is C5H10O3. The van der Waals surface area contributed by atoms with Gasteiger partial charge in [0, 0.05) is 0 Å². The van der Waals surface area contributed by atoms with Crippen molar-refractivity contribution in [1.82, 2.24) is 0 Å². The van der Waals surface area contributed by atoms with Gasteiger partial charge in [-0.3, -0.25) is 0 Å². The van der Waals surface area contributed by atoms with Gasteiger partial charge in [0.25, 0.3) is 0 Å². The molecule has 1 unspecified atom stereocenters. The SMILES string of the molecule is CC1(COCO)CO1. The Kier molecular flexibility index (Phi) is 1.51. The van der Waals surface area contributed by atoms with Crippen LogP contribution in [0.1, 0.15) is 6.92 Å². The largest absolute Gasteiger partial charge is 0.371 e. The summed E-state index contributed by atoms with van der Waals surface area (Å²) in [6, 6.07) is 0. The van der Waals surface area contributed by atoms with E-state index in [1.54, 1.807) is 0 Å². The van der Waals surface area contributed by atoms with Gasteiger partial charge in [-0.05, 0) is 6.92 Å². The van der Waals surface area contributed by atoms with Crippen LogP contribution in [0.4, 0.5) is 0 Å². The summed E-state index contributed by atoms with van der Waals surface area (Å²) >= 11 is 0. The standard InChI is InChI=1S/C5H10O3/c1-5(3-8-5)2-7-4-6/h6H,2-4H2,1H3. The van der Waals surface area contributed by atoms with Crippen LogP contribution in [0, 0.1) is 0 Å². The summed E-state index contributed by atoms with van der Waals surface area (Å²) in [7, 11) is 0. The molecule has 1 rings (SSSR count). The first-order valence-electron chi connectivity index (χ1n) is 2.59. The lowest BCUT2D eigenvalue weighted by Crippen LogP contribution is -2.14. The van der Waals surface area contributed by atoms with Gasteiger partial charge in [0.05, 0.1) is 13.2 Å². The van der Waals surface area contributed by atoms with Crippen LogP contribution in [0.5, 0.6) is 0 Å². The Morgan fingerprint density at radius 2 is 2.50 bits per heavy atom. The Hall–Kier alpha value is -0.120. The van der Waals surface area contributed by atoms with E-state index in [-0.39, 0.29) is 12.4 Å². The molecule has 0 aromatic heterocycles. The highest BCUT2D eigenvalue weighted by Crippen LogP contribution is 2.25. The Morgan fingerprint density at radius 3 is 2.88 bits per heavy atom. The molecule has 0 aromatic rings. The molecule has 3 nitrogen and oxygen atoms in total. The molecule has 0 amide bonds. The predicted molar refractivity (Wildman–Crippen MR) is 27.4 cm³/mol. The van der Waals surface area contributed by atoms with Crippen molar-refractivity contribution in [3.63, 3.8) is 0 Å². The minimum Gasteiger partial charge on any atom is -0.371 e. The zero-order chi connectivity index (χ0) is 6.04. The third-order valence-electron chi connectivity index (χ3n) is 1.14. The van der Waals surface area contributed by atoms with Gasteiger partial charge >= 0.3 is 0 Å². The van der Waals surface area contributed by atoms with E-state index < -0.39 is 0 Å². The fourth-order valence-corrected chi connectivity index (χ4v) is 0.468. The second-order valence-corrected chi connectivity index (χ2v) is 2.22. The molecule has 0 spiro atoms. The van der Waals surface area contributed by atoms with Gasteiger partial charge in [-0.15, -0.1) is 0 Å². The molecule has 48 valence electrons. The molecule has 1 atom stereocenters. The first-order chi connectivity index (χ1) is 3.77. The highest BCUT2D eigenvalue weighted by molar-refractivity contribution is 4.86. The van der Waals surface area contributed by atoms with Crippen molar-refractivity contribution >= 4 is 0 Å². The molecule has 0 radical (unpaired) electrons. The molecule has 8 heavy (non-hydrogen) atoms. The molecule has 0 aliphatic carbocycles. The molecule has 1 aliphatic rings. The fraction of sp³-hybridized carbons (Fsp3) is 1.00. The van der Waals surface area contributed by atoms with Crippen LogP contribution in [0.15, 0.2) is 0 Å². The Bertz CT molecular complexity index is 77.7. The van der Waals surface area contributed by atoms with Crippen molar-refractivity contribution in [2.24, 2.45) is 0 Å². The summed E-state index contributed by atoms with van der Waals surface area (Å²) in [6.07, 6.45) is 0. The van der Waals surface area contributed by atoms with Gasteiger partial charge in [-0.1, -0.05) is 0 Å². The quantitative estimate of drug-likeness (QED) is 0.410. The maximum absolute atomic E-state index is 8.18. The highest BCUT2D eigenvalue weighted by Gasteiger charge is 2.39. The average Bonchev–Trinajstić information content (AvgIpc) is 2.45. The second kappa shape index (κ2) is 2.01. The maximum atomic E-state index is 8.18. The molecule has 0 saturated carbocycles. The Labute approximate surface area is 48.2 Å². The van der Waals surface area contributed by atoms with Crippen LogP contribution in [-0.4, -0.2) is 30.7 Å². The number of hydrogen-bond donors (Lipinski definition) is 1. The summed E-state index contributed by atoms with van der Waals surface area (Å²) in [6.45, 7) is 3.00. The van der Waals surface area contributed by atoms with Crippen LogP contribution in [0.2, 0.25) is 0 Å². The molecule has 1 N–H and O–H groups in total. The Morgan fingerprint density at radius 1 is 1.88 bits per heavy atom. The molecule has 1 fully saturated rings. The third kappa shape index (κ3) is 1.43. The zero-order valence-electron chi connectivity index (χ0n) is 4.89. The van der Waals surface area contributed by atoms with Gasteiger partial charge in [0.15, 0.2) is 0 Å². The van der Waals surface area contributed by atoms with E-state index in [0.29, 0.717) is 6.61 Å². The molecule has 3 heteroatoms. The summed E-state index contributed by atoms with van der Waals surface area (Å²) in [5.41, 5.74) is -0.0806. The molecule has 0 aromatic carbocycles. The zero-order valence-corrected chi connectivity index (χ0v) is 4.89. The lowest BCUT2D eigenvalue weighted by molar-refractivity contribution is -0.0215. The molecule has 1 heterocycles. The third-order valence-corrected chi connectivity index (χ3v) is 1.14. The van der Waals surface area contributed by atoms with Crippen LogP contribution in [0.3, 0.4) is 0 Å². The van der Waals surface area contributed by atoms with Crippen LogP contribution >= 0.6 is 0 Å². The van der Waals surface area contributed by atoms with Gasteiger partial charge in [-0.2, -0.15) is 0 Å². The molecule has 1 aliphatic heterocycles. The second-order valence-electron chi connectivity index (χ2n) is 2.22. The Balaban J connectivity index is 2.01. The maximum Gasteiger partial charge on any atom is 0.143 e. The minimum atomic E-state index is -0.209. The predicted octanol–water partition coefficient (Wildman–Crippen LogP) is -0.258. The van der Waals surface area contributed by atoms with Crippen LogP contribution in [0.25, 0.3) is 0 Å². The summed E-state index contributed by atoms with van der Waals surface area (Å²) < 4.78 is 9.65. The lowest BCUT2D eigenvalue weighted by atomic mass is 10.2. The van der Waals surface area contributed by atoms with Gasteiger partial charge in [0.1, 0.15) is 12.4 Å². The van der Waals surface area contributed by atoms with E-state index in [4.69, 9.17) is 14.6 Å². The molecule has 0 bridgehead atoms. The normalized spacial score (nSPS) is 35.2. The monoisotopic (exact) mass is 118 g/mol. The van der Waals surface area contributed by atoms with Crippen molar-refractivity contribution in [3.8, 4) is 0 Å². The number of ether oxygens (including phenoxy) is 2. The van der Waals surface area contributed by atoms with Crippen molar-refractivity contribution in [3.05, 3.63) is 0 Å². The van der Waals surface area contributed by atoms with E-state index in [0.717, 1.165) is 6.61 Å². The summed E-state index contributed by atoms with van der Waals surface area (Å²) in [5, 5.41) is 8.18. The summed E-state index contributed by atoms with van der Waals surface area (Å²) in [5.74, 6) is 0. The molecular weight excluding hydrogens is 108 g/mol. The van der Waals surface area contributed by atoms with E-state index in [1.165, 1.54) is 0 Å². The highest BCUT2D eigenvalue weighted by atomic mass is 16.6. The minimum absolute atomic E-state index is 0.0806. The van der Waals surface area contributed by atoms with Gasteiger partial charge in [0.2, 0.25) is 0 Å². The van der Waals surface area contributed by atoms with Crippen molar-refractivity contribution in [2.75, 3.05) is 20.0 Å². The van der Waals surface area contributed by atoms with E-state index in [9.17, 15) is 0 Å².